The van der Waals surface area contributed by atoms with E-state index in [2.05, 4.69) is 20.8 Å². The molecule has 0 spiro atoms. The first kappa shape index (κ1) is 37.1. The molecule has 39 heavy (non-hydrogen) atoms. The lowest BCUT2D eigenvalue weighted by Gasteiger charge is -2.10. The van der Waals surface area contributed by atoms with Crippen molar-refractivity contribution in [3.05, 3.63) is 11.6 Å². The summed E-state index contributed by atoms with van der Waals surface area (Å²) in [6, 6.07) is 0. The van der Waals surface area contributed by atoms with Crippen molar-refractivity contribution in [2.75, 3.05) is 19.8 Å². The van der Waals surface area contributed by atoms with Crippen LogP contribution in [-0.4, -0.2) is 37.7 Å². The van der Waals surface area contributed by atoms with Crippen molar-refractivity contribution in [1.82, 2.24) is 0 Å². The van der Waals surface area contributed by atoms with E-state index in [1.807, 2.05) is 0 Å². The van der Waals surface area contributed by atoms with Gasteiger partial charge in [0.15, 0.2) is 0 Å². The molecular formula is C33H60O6. The van der Waals surface area contributed by atoms with Gasteiger partial charge < -0.3 is 14.2 Å². The van der Waals surface area contributed by atoms with Crippen molar-refractivity contribution < 1.29 is 28.6 Å². The number of carbonyl (C=O) groups is 3. The SMILES string of the molecule is CCCCCCCCCOC(=O)C=C(CC(=O)OCCCCCCCCC)C(=O)OCCCCCCCCC. The zero-order chi connectivity index (χ0) is 28.8. The molecule has 0 fully saturated rings. The average molecular weight is 553 g/mol. The van der Waals surface area contributed by atoms with Gasteiger partial charge in [-0.3, -0.25) is 4.79 Å². The van der Waals surface area contributed by atoms with Gasteiger partial charge in [0.05, 0.1) is 31.8 Å². The van der Waals surface area contributed by atoms with E-state index in [0.29, 0.717) is 13.2 Å². The molecule has 0 aromatic heterocycles. The van der Waals surface area contributed by atoms with Crippen LogP contribution in [0.4, 0.5) is 0 Å². The maximum absolute atomic E-state index is 12.7. The summed E-state index contributed by atoms with van der Waals surface area (Å²) in [7, 11) is 0. The third kappa shape index (κ3) is 26.2. The second kappa shape index (κ2) is 29.1. The first-order chi connectivity index (χ1) is 19.0. The molecule has 6 nitrogen and oxygen atoms in total. The van der Waals surface area contributed by atoms with Gasteiger partial charge in [-0.15, -0.1) is 0 Å². The fourth-order valence-electron chi connectivity index (χ4n) is 4.37. The maximum Gasteiger partial charge on any atom is 0.334 e. The highest BCUT2D eigenvalue weighted by Crippen LogP contribution is 2.12. The number of ether oxygens (including phenoxy) is 3. The van der Waals surface area contributed by atoms with E-state index in [4.69, 9.17) is 14.2 Å². The molecule has 0 amide bonds. The van der Waals surface area contributed by atoms with E-state index in [0.717, 1.165) is 63.9 Å². The standard InChI is InChI=1S/C33H60O6/c1-4-7-10-13-16-19-22-25-37-31(34)28-30(33(36)39-27-24-21-18-15-12-9-6-3)29-32(35)38-26-23-20-17-14-11-8-5-2/h28H,4-27,29H2,1-3H3. The van der Waals surface area contributed by atoms with Crippen LogP contribution in [0.15, 0.2) is 11.6 Å². The maximum atomic E-state index is 12.7. The zero-order valence-corrected chi connectivity index (χ0v) is 25.7. The predicted octanol–water partition coefficient (Wildman–Crippen LogP) is 9.18. The molecule has 0 saturated carbocycles. The quantitative estimate of drug-likeness (QED) is 0.0416. The summed E-state index contributed by atoms with van der Waals surface area (Å²) in [5.41, 5.74) is 0.00655. The van der Waals surface area contributed by atoms with Gasteiger partial charge in [0, 0.05) is 6.08 Å². The molecule has 0 saturated heterocycles. The summed E-state index contributed by atoms with van der Waals surface area (Å²) in [6.45, 7) is 7.51. The molecular weight excluding hydrogens is 492 g/mol. The summed E-state index contributed by atoms with van der Waals surface area (Å²) in [5, 5.41) is 0. The molecule has 0 N–H and O–H groups in total. The lowest BCUT2D eigenvalue weighted by molar-refractivity contribution is -0.146. The minimum atomic E-state index is -0.637. The highest BCUT2D eigenvalue weighted by molar-refractivity contribution is 5.99. The van der Waals surface area contributed by atoms with E-state index in [-0.39, 0.29) is 18.6 Å². The number of unbranched alkanes of at least 4 members (excludes halogenated alkanes) is 18. The predicted molar refractivity (Wildman–Crippen MR) is 160 cm³/mol. The van der Waals surface area contributed by atoms with Gasteiger partial charge in [-0.2, -0.15) is 0 Å². The molecule has 0 aromatic carbocycles. The fraction of sp³-hybridized carbons (Fsp3) is 0.848. The Labute approximate surface area is 240 Å². The Bertz CT molecular complexity index is 628. The average Bonchev–Trinajstić information content (AvgIpc) is 2.92. The molecule has 0 heterocycles. The second-order valence-corrected chi connectivity index (χ2v) is 10.7. The van der Waals surface area contributed by atoms with E-state index in [1.54, 1.807) is 0 Å². The second-order valence-electron chi connectivity index (χ2n) is 10.7. The van der Waals surface area contributed by atoms with Gasteiger partial charge in [-0.25, -0.2) is 9.59 Å². The van der Waals surface area contributed by atoms with Crippen LogP contribution in [0.5, 0.6) is 0 Å². The third-order valence-electron chi connectivity index (χ3n) is 6.87. The largest absolute Gasteiger partial charge is 0.465 e. The first-order valence-electron chi connectivity index (χ1n) is 16.2. The molecule has 0 aliphatic rings. The number of carbonyl (C=O) groups excluding carboxylic acids is 3. The number of rotatable bonds is 28. The van der Waals surface area contributed by atoms with Gasteiger partial charge in [-0.05, 0) is 19.3 Å². The topological polar surface area (TPSA) is 78.9 Å². The van der Waals surface area contributed by atoms with Gasteiger partial charge in [0.1, 0.15) is 0 Å². The summed E-state index contributed by atoms with van der Waals surface area (Å²) < 4.78 is 16.0. The van der Waals surface area contributed by atoms with Crippen LogP contribution in [0, 0.1) is 0 Å². The third-order valence-corrected chi connectivity index (χ3v) is 6.87. The zero-order valence-electron chi connectivity index (χ0n) is 25.7. The molecule has 0 aliphatic carbocycles. The van der Waals surface area contributed by atoms with Crippen LogP contribution < -0.4 is 0 Å². The van der Waals surface area contributed by atoms with Crippen molar-refractivity contribution in [1.29, 1.82) is 0 Å². The van der Waals surface area contributed by atoms with Crippen molar-refractivity contribution in [3.8, 4) is 0 Å². The Morgan fingerprint density at radius 3 is 1.26 bits per heavy atom. The van der Waals surface area contributed by atoms with Gasteiger partial charge >= 0.3 is 17.9 Å². The van der Waals surface area contributed by atoms with E-state index >= 15 is 0 Å². The van der Waals surface area contributed by atoms with E-state index in [1.165, 1.54) is 77.0 Å². The van der Waals surface area contributed by atoms with Crippen molar-refractivity contribution >= 4 is 17.9 Å². The Balaban J connectivity index is 4.54. The normalized spacial score (nSPS) is 11.4. The molecule has 0 aliphatic heterocycles. The molecule has 0 aromatic rings. The number of hydrogen-bond donors (Lipinski definition) is 0. The van der Waals surface area contributed by atoms with Crippen molar-refractivity contribution in [2.24, 2.45) is 0 Å². The molecule has 0 atom stereocenters. The van der Waals surface area contributed by atoms with Crippen molar-refractivity contribution in [2.45, 2.75) is 162 Å². The van der Waals surface area contributed by atoms with E-state index in [9.17, 15) is 14.4 Å². The van der Waals surface area contributed by atoms with E-state index < -0.39 is 17.9 Å². The van der Waals surface area contributed by atoms with Crippen LogP contribution in [0.1, 0.15) is 162 Å². The molecule has 0 rings (SSSR count). The fourth-order valence-corrected chi connectivity index (χ4v) is 4.37. The molecule has 6 heteroatoms. The monoisotopic (exact) mass is 552 g/mol. The van der Waals surface area contributed by atoms with Gasteiger partial charge in [0.25, 0.3) is 0 Å². The summed E-state index contributed by atoms with van der Waals surface area (Å²) in [5.74, 6) is -1.76. The summed E-state index contributed by atoms with van der Waals surface area (Å²) in [6.07, 6.45) is 24.4. The molecule has 0 bridgehead atoms. The van der Waals surface area contributed by atoms with Crippen molar-refractivity contribution in [3.63, 3.8) is 0 Å². The van der Waals surface area contributed by atoms with Crippen LogP contribution in [-0.2, 0) is 28.6 Å². The Kier molecular flexibility index (Phi) is 27.8. The highest BCUT2D eigenvalue weighted by atomic mass is 16.5. The Morgan fingerprint density at radius 1 is 0.462 bits per heavy atom. The van der Waals surface area contributed by atoms with Gasteiger partial charge in [0.2, 0.25) is 0 Å². The Morgan fingerprint density at radius 2 is 0.821 bits per heavy atom. The number of hydrogen-bond acceptors (Lipinski definition) is 6. The number of esters is 3. The molecule has 0 radical (unpaired) electrons. The molecule has 0 unspecified atom stereocenters. The first-order valence-corrected chi connectivity index (χ1v) is 16.2. The lowest BCUT2D eigenvalue weighted by Crippen LogP contribution is -2.17. The van der Waals surface area contributed by atoms with Crippen LogP contribution in [0.3, 0.4) is 0 Å². The van der Waals surface area contributed by atoms with Gasteiger partial charge in [-0.1, -0.05) is 136 Å². The van der Waals surface area contributed by atoms with Crippen LogP contribution >= 0.6 is 0 Å². The molecule has 228 valence electrons. The Hall–Kier alpha value is -1.85. The minimum Gasteiger partial charge on any atom is -0.465 e. The lowest BCUT2D eigenvalue weighted by atomic mass is 10.1. The van der Waals surface area contributed by atoms with Crippen LogP contribution in [0.2, 0.25) is 0 Å². The summed E-state index contributed by atoms with van der Waals surface area (Å²) in [4.78, 5) is 37.4. The minimum absolute atomic E-state index is 0.00655. The van der Waals surface area contributed by atoms with Crippen LogP contribution in [0.25, 0.3) is 0 Å². The summed E-state index contributed by atoms with van der Waals surface area (Å²) >= 11 is 0. The smallest absolute Gasteiger partial charge is 0.334 e. The highest BCUT2D eigenvalue weighted by Gasteiger charge is 2.19.